The average Bonchev–Trinajstić information content (AvgIpc) is 2.96. The van der Waals surface area contributed by atoms with Gasteiger partial charge in [-0.3, -0.25) is 9.59 Å². The Kier molecular flexibility index (Phi) is 5.71. The molecule has 1 aliphatic heterocycles. The van der Waals surface area contributed by atoms with Crippen LogP contribution in [0.2, 0.25) is 5.02 Å². The molecule has 4 heteroatoms. The molecule has 2 aromatic carbocycles. The summed E-state index contributed by atoms with van der Waals surface area (Å²) in [4.78, 5) is 26.0. The van der Waals surface area contributed by atoms with Gasteiger partial charge in [0.05, 0.1) is 0 Å². The minimum Gasteiger partial charge on any atom is -0.381 e. The standard InChI is InChI=1S/C25H25ClO3/c1-15-11-19(18-3-5-21(26)6-4-18)12-16(2)23(15)24-22(27)14-20(25(24)28)13-17-7-9-29-10-8-17/h3-6,11-13,17,24H,7-10,14H2,1-2H3. The highest BCUT2D eigenvalue weighted by molar-refractivity contribution is 6.30. The van der Waals surface area contributed by atoms with Gasteiger partial charge in [-0.2, -0.15) is 0 Å². The second-order valence-corrected chi connectivity index (χ2v) is 8.55. The maximum Gasteiger partial charge on any atom is 0.173 e. The van der Waals surface area contributed by atoms with Crippen molar-refractivity contribution in [3.63, 3.8) is 0 Å². The SMILES string of the molecule is Cc1cc(-c2ccc(Cl)cc2)cc(C)c1C1C(=O)CC(=CC2CCOCC2)C1=O. The number of Topliss-reactive ketones (excluding diaryl/α,β-unsaturated/α-hetero) is 2. The smallest absolute Gasteiger partial charge is 0.173 e. The number of halogens is 1. The van der Waals surface area contributed by atoms with E-state index in [-0.39, 0.29) is 18.0 Å². The summed E-state index contributed by atoms with van der Waals surface area (Å²) in [7, 11) is 0. The van der Waals surface area contributed by atoms with Gasteiger partial charge >= 0.3 is 0 Å². The van der Waals surface area contributed by atoms with Gasteiger partial charge in [-0.05, 0) is 78.1 Å². The largest absolute Gasteiger partial charge is 0.381 e. The van der Waals surface area contributed by atoms with Crippen molar-refractivity contribution in [1.29, 1.82) is 0 Å². The summed E-state index contributed by atoms with van der Waals surface area (Å²) in [5.74, 6) is -0.338. The Morgan fingerprint density at radius 2 is 1.59 bits per heavy atom. The van der Waals surface area contributed by atoms with Crippen molar-refractivity contribution in [1.82, 2.24) is 0 Å². The van der Waals surface area contributed by atoms with Crippen molar-refractivity contribution in [3.05, 3.63) is 69.8 Å². The van der Waals surface area contributed by atoms with E-state index >= 15 is 0 Å². The number of carbonyl (C=O) groups excluding carboxylic acids is 2. The highest BCUT2D eigenvalue weighted by atomic mass is 35.5. The van der Waals surface area contributed by atoms with E-state index in [2.05, 4.69) is 12.1 Å². The lowest BCUT2D eigenvalue weighted by molar-refractivity contribution is -0.123. The second kappa shape index (κ2) is 8.25. The van der Waals surface area contributed by atoms with Gasteiger partial charge in [0.15, 0.2) is 11.6 Å². The van der Waals surface area contributed by atoms with Crippen LogP contribution in [-0.4, -0.2) is 24.8 Å². The molecule has 1 saturated carbocycles. The highest BCUT2D eigenvalue weighted by Gasteiger charge is 2.40. The molecular formula is C25H25ClO3. The first-order valence-electron chi connectivity index (χ1n) is 10.2. The Morgan fingerprint density at radius 3 is 2.21 bits per heavy atom. The summed E-state index contributed by atoms with van der Waals surface area (Å²) in [5.41, 5.74) is 5.65. The van der Waals surface area contributed by atoms with E-state index < -0.39 is 5.92 Å². The van der Waals surface area contributed by atoms with Crippen LogP contribution in [0.3, 0.4) is 0 Å². The summed E-state index contributed by atoms with van der Waals surface area (Å²) in [6, 6.07) is 11.8. The third kappa shape index (κ3) is 4.08. The number of hydrogen-bond donors (Lipinski definition) is 0. The van der Waals surface area contributed by atoms with Crippen LogP contribution in [0.25, 0.3) is 11.1 Å². The van der Waals surface area contributed by atoms with Gasteiger partial charge in [0, 0.05) is 24.7 Å². The Morgan fingerprint density at radius 1 is 0.966 bits per heavy atom. The van der Waals surface area contributed by atoms with Gasteiger partial charge in [0.25, 0.3) is 0 Å². The van der Waals surface area contributed by atoms with Crippen LogP contribution in [-0.2, 0) is 14.3 Å². The zero-order valence-electron chi connectivity index (χ0n) is 16.8. The van der Waals surface area contributed by atoms with E-state index in [9.17, 15) is 9.59 Å². The zero-order chi connectivity index (χ0) is 20.5. The van der Waals surface area contributed by atoms with Crippen LogP contribution in [0.15, 0.2) is 48.0 Å². The molecule has 1 heterocycles. The Bertz CT molecular complexity index is 959. The van der Waals surface area contributed by atoms with Crippen molar-refractivity contribution in [2.24, 2.45) is 5.92 Å². The predicted octanol–water partition coefficient (Wildman–Crippen LogP) is 5.60. The van der Waals surface area contributed by atoms with Crippen molar-refractivity contribution < 1.29 is 14.3 Å². The van der Waals surface area contributed by atoms with E-state index in [0.29, 0.717) is 16.5 Å². The molecule has 3 nitrogen and oxygen atoms in total. The van der Waals surface area contributed by atoms with Gasteiger partial charge in [0.1, 0.15) is 5.92 Å². The minimum atomic E-state index is -0.666. The normalized spacial score (nSPS) is 21.9. The summed E-state index contributed by atoms with van der Waals surface area (Å²) in [5, 5.41) is 0.699. The number of carbonyl (C=O) groups is 2. The van der Waals surface area contributed by atoms with E-state index in [1.54, 1.807) is 0 Å². The highest BCUT2D eigenvalue weighted by Crippen LogP contribution is 2.38. The van der Waals surface area contributed by atoms with Crippen LogP contribution in [0.1, 0.15) is 41.9 Å². The number of allylic oxidation sites excluding steroid dienone is 2. The Balaban J connectivity index is 1.65. The molecule has 1 atom stereocenters. The van der Waals surface area contributed by atoms with Crippen LogP contribution < -0.4 is 0 Å². The molecule has 0 bridgehead atoms. The van der Waals surface area contributed by atoms with Crippen LogP contribution in [0, 0.1) is 19.8 Å². The summed E-state index contributed by atoms with van der Waals surface area (Å²) in [6.07, 6.45) is 4.13. The first-order valence-corrected chi connectivity index (χ1v) is 10.5. The lowest BCUT2D eigenvalue weighted by atomic mass is 9.85. The first-order chi connectivity index (χ1) is 13.9. The molecule has 4 rings (SSSR count). The lowest BCUT2D eigenvalue weighted by Crippen LogP contribution is -2.17. The Labute approximate surface area is 176 Å². The molecule has 29 heavy (non-hydrogen) atoms. The number of ether oxygens (including phenoxy) is 1. The van der Waals surface area contributed by atoms with Crippen molar-refractivity contribution in [2.45, 2.75) is 39.0 Å². The number of benzene rings is 2. The van der Waals surface area contributed by atoms with Gasteiger partial charge < -0.3 is 4.74 Å². The third-order valence-corrected chi connectivity index (χ3v) is 6.28. The van der Waals surface area contributed by atoms with Crippen LogP contribution in [0.4, 0.5) is 0 Å². The molecule has 2 aliphatic rings. The zero-order valence-corrected chi connectivity index (χ0v) is 17.6. The van der Waals surface area contributed by atoms with Gasteiger partial charge in [-0.25, -0.2) is 0 Å². The molecule has 1 saturated heterocycles. The van der Waals surface area contributed by atoms with Gasteiger partial charge in [-0.15, -0.1) is 0 Å². The molecule has 0 radical (unpaired) electrons. The topological polar surface area (TPSA) is 43.4 Å². The molecule has 0 N–H and O–H groups in total. The molecule has 0 aromatic heterocycles. The van der Waals surface area contributed by atoms with Gasteiger partial charge in [0.2, 0.25) is 0 Å². The van der Waals surface area contributed by atoms with Gasteiger partial charge in [-0.1, -0.05) is 41.9 Å². The fourth-order valence-electron chi connectivity index (χ4n) is 4.55. The van der Waals surface area contributed by atoms with E-state index in [1.807, 2.05) is 44.2 Å². The minimum absolute atomic E-state index is 0.0127. The number of rotatable bonds is 3. The molecule has 150 valence electrons. The number of aryl methyl sites for hydroxylation is 2. The molecule has 0 spiro atoms. The molecule has 1 unspecified atom stereocenters. The second-order valence-electron chi connectivity index (χ2n) is 8.11. The van der Waals surface area contributed by atoms with Crippen molar-refractivity contribution >= 4 is 23.2 Å². The Hall–Kier alpha value is -2.23. The molecular weight excluding hydrogens is 384 g/mol. The third-order valence-electron chi connectivity index (χ3n) is 6.03. The molecule has 2 aromatic rings. The van der Waals surface area contributed by atoms with Crippen molar-refractivity contribution in [3.8, 4) is 11.1 Å². The van der Waals surface area contributed by atoms with Crippen LogP contribution >= 0.6 is 11.6 Å². The average molecular weight is 409 g/mol. The quantitative estimate of drug-likeness (QED) is 0.490. The van der Waals surface area contributed by atoms with Crippen LogP contribution in [0.5, 0.6) is 0 Å². The molecule has 1 aliphatic carbocycles. The predicted molar refractivity (Wildman–Crippen MR) is 115 cm³/mol. The molecule has 2 fully saturated rings. The van der Waals surface area contributed by atoms with Crippen molar-refractivity contribution in [2.75, 3.05) is 13.2 Å². The fourth-order valence-corrected chi connectivity index (χ4v) is 4.67. The summed E-state index contributed by atoms with van der Waals surface area (Å²) >= 11 is 6.00. The first kappa shape index (κ1) is 20.1. The van der Waals surface area contributed by atoms with E-state index in [0.717, 1.165) is 53.9 Å². The number of ketones is 2. The lowest BCUT2D eigenvalue weighted by Gasteiger charge is -2.19. The maximum absolute atomic E-state index is 13.2. The monoisotopic (exact) mass is 408 g/mol. The summed E-state index contributed by atoms with van der Waals surface area (Å²) in [6.45, 7) is 5.43. The molecule has 0 amide bonds. The number of hydrogen-bond acceptors (Lipinski definition) is 3. The van der Waals surface area contributed by atoms with E-state index in [4.69, 9.17) is 16.3 Å². The maximum atomic E-state index is 13.2. The fraction of sp³-hybridized carbons (Fsp3) is 0.360. The van der Waals surface area contributed by atoms with E-state index in [1.165, 1.54) is 0 Å². The summed E-state index contributed by atoms with van der Waals surface area (Å²) < 4.78 is 5.40.